The zero-order chi connectivity index (χ0) is 47.7. The molecule has 0 aromatic heterocycles. The Balaban J connectivity index is 0.996. The van der Waals surface area contributed by atoms with Crippen molar-refractivity contribution < 1.29 is 0 Å². The highest BCUT2D eigenvalue weighted by Gasteiger charge is 2.30. The van der Waals surface area contributed by atoms with Gasteiger partial charge in [0.05, 0.1) is 0 Å². The van der Waals surface area contributed by atoms with E-state index in [4.69, 9.17) is 0 Å². The van der Waals surface area contributed by atoms with E-state index in [2.05, 4.69) is 231 Å². The maximum atomic E-state index is 2.52. The first-order valence-corrected chi connectivity index (χ1v) is 26.1. The van der Waals surface area contributed by atoms with E-state index in [0.717, 1.165) is 0 Å². The van der Waals surface area contributed by atoms with Crippen molar-refractivity contribution in [3.63, 3.8) is 0 Å². The number of fused-ring (bicyclic) bond motifs is 17. The Morgan fingerprint density at radius 2 is 0.473 bits per heavy atom. The van der Waals surface area contributed by atoms with Crippen LogP contribution in [0.15, 0.2) is 231 Å². The third-order valence-corrected chi connectivity index (χ3v) is 17.9. The van der Waals surface area contributed by atoms with Gasteiger partial charge in [-0.15, -0.1) is 0 Å². The molecule has 0 heterocycles. The van der Waals surface area contributed by atoms with E-state index in [1.54, 1.807) is 0 Å². The molecule has 0 bridgehead atoms. The van der Waals surface area contributed by atoms with E-state index in [0.29, 0.717) is 0 Å². The standard InChI is InChI=1S/C74H38/c1-3-16-40(17-4-1)61-54-28-14-27-47-45-22-9-11-24-48(45)69(65(47)54)73-57-35-31-52-51-30-34-56-67-58(36-32-53(64(51)67)50-29-33-55(71(61)73)66(57)63(50)52)74-70-49-25-12-10-23-46(49)59-37-42(44-26-13-20-39-15-7-8-21-43(39)44)38-60(68(59)70)62(72(56)74)41-18-5-2-6-19-41/h1-38H. The smallest absolute Gasteiger partial charge is 0.000696 e. The number of hydrogen-bond donors (Lipinski definition) is 0. The highest BCUT2D eigenvalue weighted by molar-refractivity contribution is 6.54. The molecule has 0 amide bonds. The lowest BCUT2D eigenvalue weighted by molar-refractivity contribution is 1.68. The fourth-order valence-corrected chi connectivity index (χ4v) is 15.2. The van der Waals surface area contributed by atoms with Gasteiger partial charge in [0.15, 0.2) is 0 Å². The van der Waals surface area contributed by atoms with Gasteiger partial charge in [-0.3, -0.25) is 0 Å². The zero-order valence-electron chi connectivity index (χ0n) is 39.9. The van der Waals surface area contributed by atoms with E-state index in [-0.39, 0.29) is 0 Å². The van der Waals surface area contributed by atoms with Gasteiger partial charge in [0.2, 0.25) is 0 Å². The van der Waals surface area contributed by atoms with Gasteiger partial charge in [-0.1, -0.05) is 218 Å². The molecule has 0 atom stereocenters. The Morgan fingerprint density at radius 3 is 1.05 bits per heavy atom. The summed E-state index contributed by atoms with van der Waals surface area (Å²) in [6, 6.07) is 88.1. The normalized spacial score (nSPS) is 12.9. The average molecular weight is 927 g/mol. The molecular formula is C74H38. The minimum absolute atomic E-state index is 1.25. The number of hydrogen-bond acceptors (Lipinski definition) is 0. The van der Waals surface area contributed by atoms with Crippen LogP contribution in [0.2, 0.25) is 0 Å². The molecule has 19 aromatic rings. The zero-order valence-corrected chi connectivity index (χ0v) is 39.9. The average Bonchev–Trinajstić information content (AvgIpc) is 4.38. The Hall–Kier alpha value is -9.62. The monoisotopic (exact) mass is 926 g/mol. The molecular weight excluding hydrogens is 889 g/mol. The van der Waals surface area contributed by atoms with Crippen LogP contribution in [-0.4, -0.2) is 0 Å². The third kappa shape index (κ3) is 4.39. The van der Waals surface area contributed by atoms with Crippen molar-refractivity contribution in [1.82, 2.24) is 0 Å². The molecule has 0 aliphatic rings. The predicted octanol–water partition coefficient (Wildman–Crippen LogP) is 21.2. The molecule has 0 saturated carbocycles. The van der Waals surface area contributed by atoms with Gasteiger partial charge < -0.3 is 0 Å². The van der Waals surface area contributed by atoms with Crippen LogP contribution in [0.5, 0.6) is 0 Å². The topological polar surface area (TPSA) is 0 Å². The van der Waals surface area contributed by atoms with Crippen molar-refractivity contribution in [2.75, 3.05) is 0 Å². The van der Waals surface area contributed by atoms with E-state index in [9.17, 15) is 0 Å². The summed E-state index contributed by atoms with van der Waals surface area (Å²) in [4.78, 5) is 0. The lowest BCUT2D eigenvalue weighted by atomic mass is 9.87. The Labute approximate surface area is 423 Å². The van der Waals surface area contributed by atoms with E-state index < -0.39 is 0 Å². The minimum atomic E-state index is 1.25. The summed E-state index contributed by atoms with van der Waals surface area (Å²) in [5.74, 6) is 0. The summed E-state index contributed by atoms with van der Waals surface area (Å²) in [7, 11) is 0. The first kappa shape index (κ1) is 38.1. The molecule has 0 nitrogen and oxygen atoms in total. The second kappa shape index (κ2) is 13.3. The van der Waals surface area contributed by atoms with Gasteiger partial charge in [0.25, 0.3) is 0 Å². The van der Waals surface area contributed by atoms with Gasteiger partial charge in [-0.25, -0.2) is 0 Å². The molecule has 0 aliphatic carbocycles. The molecule has 0 heteroatoms. The summed E-state index contributed by atoms with van der Waals surface area (Å²) >= 11 is 0. The van der Waals surface area contributed by atoms with Crippen molar-refractivity contribution in [2.45, 2.75) is 0 Å². The molecule has 19 aromatic carbocycles. The molecule has 0 aliphatic heterocycles. The Kier molecular flexibility index (Phi) is 6.83. The summed E-state index contributed by atoms with van der Waals surface area (Å²) in [5.41, 5.74) is 7.68. The van der Waals surface area contributed by atoms with Crippen LogP contribution in [0.4, 0.5) is 0 Å². The van der Waals surface area contributed by atoms with Crippen molar-refractivity contribution in [3.8, 4) is 33.4 Å². The Morgan fingerprint density at radius 1 is 0.149 bits per heavy atom. The highest BCUT2D eigenvalue weighted by Crippen LogP contribution is 2.58. The summed E-state index contributed by atoms with van der Waals surface area (Å²) < 4.78 is 0. The molecule has 74 heavy (non-hydrogen) atoms. The van der Waals surface area contributed by atoms with Crippen molar-refractivity contribution in [1.29, 1.82) is 0 Å². The summed E-state index contributed by atoms with van der Waals surface area (Å²) in [6.07, 6.45) is 0. The van der Waals surface area contributed by atoms with Crippen molar-refractivity contribution >= 4 is 162 Å². The van der Waals surface area contributed by atoms with E-state index in [1.807, 2.05) is 0 Å². The summed E-state index contributed by atoms with van der Waals surface area (Å²) in [5, 5.41) is 40.3. The number of rotatable bonds is 3. The largest absolute Gasteiger partial charge is 0.0622 e. The molecule has 0 spiro atoms. The van der Waals surface area contributed by atoms with Gasteiger partial charge in [-0.2, -0.15) is 0 Å². The van der Waals surface area contributed by atoms with Gasteiger partial charge in [-0.05, 0) is 207 Å². The van der Waals surface area contributed by atoms with Gasteiger partial charge >= 0.3 is 0 Å². The number of benzene rings is 15. The van der Waals surface area contributed by atoms with Crippen LogP contribution >= 0.6 is 0 Å². The van der Waals surface area contributed by atoms with Crippen LogP contribution in [0.1, 0.15) is 0 Å². The summed E-state index contributed by atoms with van der Waals surface area (Å²) in [6.45, 7) is 0. The van der Waals surface area contributed by atoms with Crippen molar-refractivity contribution in [3.05, 3.63) is 231 Å². The SMILES string of the molecule is c1ccc(-c2c3cccc4c5ccccc5c(c34)c3c4ccc5c6ccc7c8c(-c9ccccc9)c9cc(-c%10cccc%11ccccc%10%11)cc%10c%11ccccc%11c(c9%10)c8c8ccc(c9ccc(c23)c4c59)c6c78)cc1. The molecule has 0 fully saturated rings. The third-order valence-electron chi connectivity index (χ3n) is 17.9. The lowest BCUT2D eigenvalue weighted by Gasteiger charge is -2.16. The molecule has 0 saturated heterocycles. The van der Waals surface area contributed by atoms with Crippen LogP contribution in [0.25, 0.3) is 195 Å². The maximum absolute atomic E-state index is 2.52. The van der Waals surface area contributed by atoms with Gasteiger partial charge in [0.1, 0.15) is 0 Å². The second-order valence-corrected chi connectivity index (χ2v) is 21.2. The molecule has 0 N–H and O–H groups in total. The van der Waals surface area contributed by atoms with Crippen LogP contribution < -0.4 is 0 Å². The molecule has 0 unspecified atom stereocenters. The Bertz CT molecular complexity index is 5600. The first-order chi connectivity index (χ1) is 36.8. The van der Waals surface area contributed by atoms with Crippen molar-refractivity contribution in [2.24, 2.45) is 0 Å². The second-order valence-electron chi connectivity index (χ2n) is 21.2. The molecule has 334 valence electrons. The lowest BCUT2D eigenvalue weighted by Crippen LogP contribution is -1.88. The van der Waals surface area contributed by atoms with Crippen LogP contribution in [0.3, 0.4) is 0 Å². The van der Waals surface area contributed by atoms with Gasteiger partial charge in [0, 0.05) is 0 Å². The fraction of sp³-hybridized carbons (Fsp3) is 0. The van der Waals surface area contributed by atoms with Crippen LogP contribution in [-0.2, 0) is 0 Å². The van der Waals surface area contributed by atoms with E-state index >= 15 is 0 Å². The fourth-order valence-electron chi connectivity index (χ4n) is 15.2. The highest BCUT2D eigenvalue weighted by atomic mass is 14.3. The molecule has 19 rings (SSSR count). The van der Waals surface area contributed by atoms with Crippen LogP contribution in [0, 0.1) is 0 Å². The first-order valence-electron chi connectivity index (χ1n) is 26.1. The van der Waals surface area contributed by atoms with E-state index in [1.165, 1.54) is 195 Å². The molecule has 0 radical (unpaired) electrons. The quantitative estimate of drug-likeness (QED) is 0.122. The predicted molar refractivity (Wildman–Crippen MR) is 321 cm³/mol. The maximum Gasteiger partial charge on any atom is -0.000696 e. The minimum Gasteiger partial charge on any atom is -0.0622 e.